The lowest BCUT2D eigenvalue weighted by Gasteiger charge is -2.67. The minimum absolute atomic E-state index is 0.00282. The number of phenolic OH excluding ortho intramolecular Hbond substituents is 1. The smallest absolute Gasteiger partial charge is 0.338 e. The van der Waals surface area contributed by atoms with E-state index in [9.17, 15) is 35.4 Å². The number of carbonyl (C=O) groups excluding carboxylic acids is 1. The Kier molecular flexibility index (Phi) is 4.93. The lowest BCUT2D eigenvalue weighted by atomic mass is 9.41. The molecule has 4 heterocycles. The van der Waals surface area contributed by atoms with E-state index >= 15 is 0 Å². The van der Waals surface area contributed by atoms with Crippen molar-refractivity contribution >= 4 is 5.97 Å². The molecule has 6 bridgehead atoms. The van der Waals surface area contributed by atoms with Gasteiger partial charge in [-0.25, -0.2) is 4.79 Å². The van der Waals surface area contributed by atoms with Crippen LogP contribution in [0.2, 0.25) is 0 Å². The number of carbonyl (C=O) groups is 1. The molecule has 7 aliphatic rings. The predicted octanol–water partition coefficient (Wildman–Crippen LogP) is -1.65. The van der Waals surface area contributed by atoms with Gasteiger partial charge < -0.3 is 54.3 Å². The Labute approximate surface area is 199 Å². The summed E-state index contributed by atoms with van der Waals surface area (Å²) in [5.74, 6) is -2.68. The van der Waals surface area contributed by atoms with Crippen LogP contribution in [-0.2, 0) is 23.7 Å². The van der Waals surface area contributed by atoms with Gasteiger partial charge in [-0.1, -0.05) is 0 Å². The van der Waals surface area contributed by atoms with Crippen molar-refractivity contribution in [2.45, 2.75) is 73.8 Å². The van der Waals surface area contributed by atoms with Gasteiger partial charge in [-0.05, 0) is 37.6 Å². The van der Waals surface area contributed by atoms with Crippen molar-refractivity contribution in [3.63, 3.8) is 0 Å². The number of aromatic hydroxyl groups is 1. The van der Waals surface area contributed by atoms with Gasteiger partial charge in [0.15, 0.2) is 18.4 Å². The first-order chi connectivity index (χ1) is 16.5. The standard InChI is InChI=1S/C23H28O12/c1-20-8-22(30)13-6-23(20,33-18-16(28)15(27)14(26)12(7-24)32-18)21(13,19(34-20)35-22)9-31-17(29)10-2-4-11(25)5-3-10/h2-5,12-16,18-19,24-28,30H,6-9H2,1H3/t12-,13-,14-,15-,16-,18+,19+,20+,21?,22-,23+/m1/s1. The van der Waals surface area contributed by atoms with E-state index in [2.05, 4.69) is 0 Å². The topological polar surface area (TPSA) is 185 Å². The molecule has 4 aliphatic heterocycles. The Bertz CT molecular complexity index is 1030. The van der Waals surface area contributed by atoms with E-state index in [-0.39, 0.29) is 30.8 Å². The molecule has 0 amide bonds. The van der Waals surface area contributed by atoms with Gasteiger partial charge in [0.2, 0.25) is 0 Å². The molecule has 8 rings (SSSR count). The summed E-state index contributed by atoms with van der Waals surface area (Å²) in [7, 11) is 0. The molecule has 1 aromatic rings. The average molecular weight is 496 g/mol. The summed E-state index contributed by atoms with van der Waals surface area (Å²) < 4.78 is 29.6. The first-order valence-corrected chi connectivity index (χ1v) is 11.5. The quantitative estimate of drug-likeness (QED) is 0.247. The molecule has 12 heteroatoms. The molecule has 4 saturated heterocycles. The molecule has 11 atom stereocenters. The lowest BCUT2D eigenvalue weighted by Crippen LogP contribution is -2.80. The molecular formula is C23H28O12. The van der Waals surface area contributed by atoms with Gasteiger partial charge in [0, 0.05) is 12.3 Å². The first-order valence-electron chi connectivity index (χ1n) is 11.5. The summed E-state index contributed by atoms with van der Waals surface area (Å²) in [6.45, 7) is 0.878. The lowest BCUT2D eigenvalue weighted by molar-refractivity contribution is -0.424. The third kappa shape index (κ3) is 2.80. The Balaban J connectivity index is 1.31. The maximum Gasteiger partial charge on any atom is 0.338 e. The molecule has 1 aromatic carbocycles. The van der Waals surface area contributed by atoms with Crippen molar-refractivity contribution < 1.29 is 59.1 Å². The number of rotatable bonds is 6. The van der Waals surface area contributed by atoms with E-state index in [0.717, 1.165) is 0 Å². The molecule has 0 aromatic heterocycles. The van der Waals surface area contributed by atoms with E-state index in [0.29, 0.717) is 0 Å². The van der Waals surface area contributed by atoms with Crippen LogP contribution in [0.1, 0.15) is 30.1 Å². The highest BCUT2D eigenvalue weighted by molar-refractivity contribution is 5.89. The first kappa shape index (κ1) is 23.5. The fourth-order valence-corrected chi connectivity index (χ4v) is 6.90. The highest BCUT2D eigenvalue weighted by Gasteiger charge is 2.94. The van der Waals surface area contributed by atoms with Crippen LogP contribution < -0.4 is 0 Å². The summed E-state index contributed by atoms with van der Waals surface area (Å²) in [4.78, 5) is 12.7. The molecule has 6 N–H and O–H groups in total. The zero-order valence-corrected chi connectivity index (χ0v) is 18.8. The van der Waals surface area contributed by atoms with Crippen LogP contribution in [0, 0.1) is 11.3 Å². The van der Waals surface area contributed by atoms with Crippen LogP contribution in [0.4, 0.5) is 0 Å². The SMILES string of the molecule is C[C@@]12C[C@@]3(O)O[C@H](O1)C1(COC(=O)c4ccc(O)cc4)[C@H]3C[C@@]12O[C@@H]1O[C@H](CO)[C@@H](O)[C@@H](O)[C@H]1O. The van der Waals surface area contributed by atoms with Crippen LogP contribution in [0.15, 0.2) is 24.3 Å². The fraction of sp³-hybridized carbons (Fsp3) is 0.696. The van der Waals surface area contributed by atoms with E-state index in [1.165, 1.54) is 24.3 Å². The summed E-state index contributed by atoms with van der Waals surface area (Å²) in [5, 5.41) is 61.2. The number of aliphatic hydroxyl groups excluding tert-OH is 4. The second-order valence-electron chi connectivity index (χ2n) is 10.4. The van der Waals surface area contributed by atoms with Crippen LogP contribution in [0.25, 0.3) is 0 Å². The van der Waals surface area contributed by atoms with E-state index in [1.807, 2.05) is 0 Å². The molecule has 0 radical (unpaired) electrons. The molecule has 3 saturated carbocycles. The Morgan fingerprint density at radius 2 is 1.83 bits per heavy atom. The third-order valence-corrected chi connectivity index (χ3v) is 8.66. The Morgan fingerprint density at radius 3 is 2.51 bits per heavy atom. The van der Waals surface area contributed by atoms with Crippen molar-refractivity contribution in [2.24, 2.45) is 11.3 Å². The van der Waals surface area contributed by atoms with Crippen molar-refractivity contribution in [3.05, 3.63) is 29.8 Å². The van der Waals surface area contributed by atoms with Gasteiger partial charge >= 0.3 is 5.97 Å². The highest BCUT2D eigenvalue weighted by Crippen LogP contribution is 2.81. The Morgan fingerprint density at radius 1 is 1.11 bits per heavy atom. The molecule has 192 valence electrons. The zero-order chi connectivity index (χ0) is 25.0. The number of hydrogen-bond acceptors (Lipinski definition) is 12. The maximum absolute atomic E-state index is 12.7. The van der Waals surface area contributed by atoms with Gasteiger partial charge in [-0.3, -0.25) is 0 Å². The summed E-state index contributed by atoms with van der Waals surface area (Å²) in [5.41, 5.74) is -3.27. The van der Waals surface area contributed by atoms with E-state index < -0.39 is 77.9 Å². The molecular weight excluding hydrogens is 468 g/mol. The van der Waals surface area contributed by atoms with Gasteiger partial charge in [-0.15, -0.1) is 0 Å². The van der Waals surface area contributed by atoms with Gasteiger partial charge in [0.25, 0.3) is 0 Å². The molecule has 12 nitrogen and oxygen atoms in total. The van der Waals surface area contributed by atoms with Gasteiger partial charge in [0.05, 0.1) is 17.6 Å². The number of aliphatic hydroxyl groups is 5. The number of esters is 1. The van der Waals surface area contributed by atoms with E-state index in [1.54, 1.807) is 6.92 Å². The average Bonchev–Trinajstić information content (AvgIpc) is 3.00. The molecule has 7 fully saturated rings. The normalized spacial score (nSPS) is 51.3. The van der Waals surface area contributed by atoms with Crippen molar-refractivity contribution in [1.82, 2.24) is 0 Å². The van der Waals surface area contributed by atoms with Crippen LogP contribution >= 0.6 is 0 Å². The molecule has 35 heavy (non-hydrogen) atoms. The zero-order valence-electron chi connectivity index (χ0n) is 18.8. The summed E-state index contributed by atoms with van der Waals surface area (Å²) >= 11 is 0. The van der Waals surface area contributed by atoms with Gasteiger partial charge in [-0.2, -0.15) is 0 Å². The number of phenols is 1. The maximum atomic E-state index is 12.7. The number of hydrogen-bond donors (Lipinski definition) is 6. The second-order valence-corrected chi connectivity index (χ2v) is 10.4. The molecule has 1 unspecified atom stereocenters. The van der Waals surface area contributed by atoms with Crippen molar-refractivity contribution in [3.8, 4) is 5.75 Å². The third-order valence-electron chi connectivity index (χ3n) is 8.66. The summed E-state index contributed by atoms with van der Waals surface area (Å²) in [6.07, 6.45) is -8.10. The van der Waals surface area contributed by atoms with Crippen LogP contribution in [-0.4, -0.2) is 104 Å². The highest BCUT2D eigenvalue weighted by atomic mass is 16.8. The minimum atomic E-state index is -1.64. The molecule has 0 spiro atoms. The summed E-state index contributed by atoms with van der Waals surface area (Å²) in [6, 6.07) is 5.54. The largest absolute Gasteiger partial charge is 0.508 e. The van der Waals surface area contributed by atoms with E-state index in [4.69, 9.17) is 23.7 Å². The Hall–Kier alpha value is -1.87. The van der Waals surface area contributed by atoms with Crippen molar-refractivity contribution in [2.75, 3.05) is 13.2 Å². The predicted molar refractivity (Wildman–Crippen MR) is 110 cm³/mol. The monoisotopic (exact) mass is 496 g/mol. The van der Waals surface area contributed by atoms with Gasteiger partial charge in [0.1, 0.15) is 48.0 Å². The molecule has 3 aliphatic carbocycles. The number of benzene rings is 1. The second kappa shape index (κ2) is 7.34. The van der Waals surface area contributed by atoms with Crippen molar-refractivity contribution in [1.29, 1.82) is 0 Å². The van der Waals surface area contributed by atoms with Crippen LogP contribution in [0.5, 0.6) is 5.75 Å². The minimum Gasteiger partial charge on any atom is -0.508 e. The number of ether oxygens (including phenoxy) is 5. The van der Waals surface area contributed by atoms with Crippen LogP contribution in [0.3, 0.4) is 0 Å². The fourth-order valence-electron chi connectivity index (χ4n) is 6.90.